The second-order valence-electron chi connectivity index (χ2n) is 7.52. The van der Waals surface area contributed by atoms with Gasteiger partial charge < -0.3 is 0 Å². The molecule has 24 heavy (non-hydrogen) atoms. The molecule has 2 saturated heterocycles. The summed E-state index contributed by atoms with van der Waals surface area (Å²) >= 11 is 0. The molecular weight excluding hydrogens is 348 g/mol. The third-order valence-electron chi connectivity index (χ3n) is 5.87. The zero-order valence-electron chi connectivity index (χ0n) is 14.4. The quantitative estimate of drug-likeness (QED) is 0.731. The fourth-order valence-electron chi connectivity index (χ4n) is 4.40. The summed E-state index contributed by atoms with van der Waals surface area (Å²) in [5, 5.41) is 0. The monoisotopic (exact) mass is 378 g/mol. The minimum absolute atomic E-state index is 0.0118. The van der Waals surface area contributed by atoms with Gasteiger partial charge in [-0.3, -0.25) is 0 Å². The first kappa shape index (κ1) is 18.6. The summed E-state index contributed by atoms with van der Waals surface area (Å²) in [7, 11) is -6.29. The Morgan fingerprint density at radius 1 is 0.875 bits per heavy atom. The van der Waals surface area contributed by atoms with Gasteiger partial charge in [0.15, 0.2) is 0 Å². The van der Waals surface area contributed by atoms with Gasteiger partial charge in [-0.25, -0.2) is 21.1 Å². The smallest absolute Gasteiger partial charge is 0.212 e. The molecule has 0 amide bonds. The molecule has 6 nitrogen and oxygen atoms in total. The van der Waals surface area contributed by atoms with Gasteiger partial charge in [-0.15, -0.1) is 0 Å². The molecule has 3 aliphatic rings. The van der Waals surface area contributed by atoms with E-state index in [0.29, 0.717) is 44.8 Å². The number of rotatable bonds is 5. The van der Waals surface area contributed by atoms with Gasteiger partial charge >= 0.3 is 0 Å². The van der Waals surface area contributed by atoms with Gasteiger partial charge in [0, 0.05) is 25.7 Å². The standard InChI is InChI=1S/C16H30N2O4S2/c19-23(20,14-9-15-5-2-1-3-6-15)17-11-7-16(8-12-17)18-10-4-13-24(18,21)22/h15-16H,1-14H2. The maximum Gasteiger partial charge on any atom is 0.214 e. The van der Waals surface area contributed by atoms with Crippen molar-refractivity contribution < 1.29 is 16.8 Å². The highest BCUT2D eigenvalue weighted by molar-refractivity contribution is 7.89. The van der Waals surface area contributed by atoms with Crippen molar-refractivity contribution >= 4 is 20.0 Å². The topological polar surface area (TPSA) is 74.8 Å². The Morgan fingerprint density at radius 2 is 1.54 bits per heavy atom. The van der Waals surface area contributed by atoms with Crippen molar-refractivity contribution in [2.75, 3.05) is 31.1 Å². The van der Waals surface area contributed by atoms with Crippen LogP contribution in [-0.2, 0) is 20.0 Å². The van der Waals surface area contributed by atoms with Gasteiger partial charge in [-0.05, 0) is 31.6 Å². The highest BCUT2D eigenvalue weighted by atomic mass is 32.2. The van der Waals surface area contributed by atoms with Crippen molar-refractivity contribution in [3.05, 3.63) is 0 Å². The van der Waals surface area contributed by atoms with Crippen molar-refractivity contribution in [3.8, 4) is 0 Å². The van der Waals surface area contributed by atoms with Crippen molar-refractivity contribution in [2.24, 2.45) is 5.92 Å². The van der Waals surface area contributed by atoms with Crippen LogP contribution in [0.4, 0.5) is 0 Å². The lowest BCUT2D eigenvalue weighted by molar-refractivity contribution is 0.225. The maximum atomic E-state index is 12.6. The molecular formula is C16H30N2O4S2. The molecule has 3 rings (SSSR count). The molecule has 0 spiro atoms. The molecule has 0 N–H and O–H groups in total. The van der Waals surface area contributed by atoms with Gasteiger partial charge in [-0.1, -0.05) is 32.1 Å². The van der Waals surface area contributed by atoms with Gasteiger partial charge in [-0.2, -0.15) is 4.31 Å². The van der Waals surface area contributed by atoms with Crippen molar-refractivity contribution in [1.82, 2.24) is 8.61 Å². The van der Waals surface area contributed by atoms with Crippen LogP contribution in [0, 0.1) is 5.92 Å². The van der Waals surface area contributed by atoms with Crippen molar-refractivity contribution in [3.63, 3.8) is 0 Å². The van der Waals surface area contributed by atoms with Crippen LogP contribution in [0.5, 0.6) is 0 Å². The van der Waals surface area contributed by atoms with E-state index in [2.05, 4.69) is 0 Å². The predicted molar refractivity (Wildman–Crippen MR) is 94.7 cm³/mol. The number of sulfonamides is 2. The second kappa shape index (κ2) is 7.60. The SMILES string of the molecule is O=S(=O)(CCC1CCCCC1)N1CCC(N2CCCS2(=O)=O)CC1. The summed E-state index contributed by atoms with van der Waals surface area (Å²) in [5.41, 5.74) is 0. The van der Waals surface area contributed by atoms with E-state index >= 15 is 0 Å². The van der Waals surface area contributed by atoms with E-state index in [1.165, 1.54) is 32.1 Å². The summed E-state index contributed by atoms with van der Waals surface area (Å²) in [5.74, 6) is 1.07. The van der Waals surface area contributed by atoms with Crippen LogP contribution in [0.3, 0.4) is 0 Å². The average molecular weight is 379 g/mol. The Bertz CT molecular complexity index is 618. The Balaban J connectivity index is 1.50. The van der Waals surface area contributed by atoms with Crippen LogP contribution in [0.15, 0.2) is 0 Å². The summed E-state index contributed by atoms with van der Waals surface area (Å²) in [6.45, 7) is 1.52. The summed E-state index contributed by atoms with van der Waals surface area (Å²) in [6.07, 6.45) is 8.83. The van der Waals surface area contributed by atoms with Gasteiger partial charge in [0.25, 0.3) is 0 Å². The lowest BCUT2D eigenvalue weighted by atomic mass is 9.88. The minimum atomic E-state index is -3.19. The van der Waals surface area contributed by atoms with Crippen LogP contribution in [0.1, 0.15) is 57.8 Å². The zero-order chi connectivity index (χ0) is 17.2. The molecule has 2 aliphatic heterocycles. The van der Waals surface area contributed by atoms with Crippen LogP contribution in [0.2, 0.25) is 0 Å². The Hall–Kier alpha value is -0.180. The molecule has 0 bridgehead atoms. The molecule has 8 heteroatoms. The van der Waals surface area contributed by atoms with E-state index in [0.717, 1.165) is 6.42 Å². The molecule has 0 radical (unpaired) electrons. The molecule has 140 valence electrons. The average Bonchev–Trinajstić information content (AvgIpc) is 2.93. The van der Waals surface area contributed by atoms with Gasteiger partial charge in [0.1, 0.15) is 0 Å². The molecule has 1 aliphatic carbocycles. The first-order chi connectivity index (χ1) is 11.4. The summed E-state index contributed by atoms with van der Waals surface area (Å²) in [4.78, 5) is 0. The van der Waals surface area contributed by atoms with E-state index in [4.69, 9.17) is 0 Å². The van der Waals surface area contributed by atoms with Crippen LogP contribution >= 0.6 is 0 Å². The molecule has 2 heterocycles. The van der Waals surface area contributed by atoms with Gasteiger partial charge in [0.2, 0.25) is 20.0 Å². The van der Waals surface area contributed by atoms with Crippen LogP contribution < -0.4 is 0 Å². The molecule has 0 aromatic carbocycles. The second-order valence-corrected chi connectivity index (χ2v) is 11.6. The van der Waals surface area contributed by atoms with E-state index in [9.17, 15) is 16.8 Å². The third kappa shape index (κ3) is 4.31. The Kier molecular flexibility index (Phi) is 5.89. The third-order valence-corrected chi connectivity index (χ3v) is 9.77. The fraction of sp³-hybridized carbons (Fsp3) is 1.00. The van der Waals surface area contributed by atoms with Gasteiger partial charge in [0.05, 0.1) is 11.5 Å². The number of nitrogens with zero attached hydrogens (tertiary/aromatic N) is 2. The number of hydrogen-bond acceptors (Lipinski definition) is 4. The first-order valence-corrected chi connectivity index (χ1v) is 12.6. The normalized spacial score (nSPS) is 28.3. The molecule has 3 fully saturated rings. The first-order valence-electron chi connectivity index (χ1n) is 9.36. The molecule has 1 saturated carbocycles. The zero-order valence-corrected chi connectivity index (χ0v) is 16.0. The number of hydrogen-bond donors (Lipinski definition) is 0. The van der Waals surface area contributed by atoms with E-state index in [1.807, 2.05) is 0 Å². The Labute approximate surface area is 146 Å². The Morgan fingerprint density at radius 3 is 2.12 bits per heavy atom. The van der Waals surface area contributed by atoms with Crippen molar-refractivity contribution in [2.45, 2.75) is 63.8 Å². The van der Waals surface area contributed by atoms with E-state index in [1.54, 1.807) is 8.61 Å². The number of piperidine rings is 1. The molecule has 0 unspecified atom stereocenters. The lowest BCUT2D eigenvalue weighted by Crippen LogP contribution is -2.47. The summed E-state index contributed by atoms with van der Waals surface area (Å²) in [6, 6.07) is -0.0118. The van der Waals surface area contributed by atoms with Crippen LogP contribution in [-0.4, -0.2) is 62.6 Å². The van der Waals surface area contributed by atoms with Crippen LogP contribution in [0.25, 0.3) is 0 Å². The largest absolute Gasteiger partial charge is 0.214 e. The molecule has 0 aromatic heterocycles. The predicted octanol–water partition coefficient (Wildman–Crippen LogP) is 1.79. The fourth-order valence-corrected chi connectivity index (χ4v) is 7.85. The molecule has 0 aromatic rings. The highest BCUT2D eigenvalue weighted by Crippen LogP contribution is 2.29. The van der Waals surface area contributed by atoms with E-state index < -0.39 is 20.0 Å². The maximum absolute atomic E-state index is 12.6. The summed E-state index contributed by atoms with van der Waals surface area (Å²) < 4.78 is 52.4. The van der Waals surface area contributed by atoms with Crippen molar-refractivity contribution in [1.29, 1.82) is 0 Å². The van der Waals surface area contributed by atoms with E-state index in [-0.39, 0.29) is 17.5 Å². The minimum Gasteiger partial charge on any atom is -0.212 e. The molecule has 0 atom stereocenters. The lowest BCUT2D eigenvalue weighted by Gasteiger charge is -2.35. The highest BCUT2D eigenvalue weighted by Gasteiger charge is 2.38.